The molecule has 24 heavy (non-hydrogen) atoms. The van der Waals surface area contributed by atoms with E-state index in [9.17, 15) is 9.59 Å². The van der Waals surface area contributed by atoms with Crippen LogP contribution in [-0.4, -0.2) is 67.8 Å². The standard InChI is InChI=1S/C18H30N2O4/c1-23-12-13-24-17(22)19-11-9-18(14-19)8-5-10-20(16(18)21)15-6-3-2-4-7-15/h15H,2-14H2,1H3/t18-/m0/s1. The zero-order valence-corrected chi connectivity index (χ0v) is 14.8. The van der Waals surface area contributed by atoms with Gasteiger partial charge in [0, 0.05) is 32.8 Å². The second-order valence-corrected chi connectivity index (χ2v) is 7.45. The molecule has 6 heteroatoms. The summed E-state index contributed by atoms with van der Waals surface area (Å²) in [4.78, 5) is 29.2. The molecule has 0 aromatic carbocycles. The summed E-state index contributed by atoms with van der Waals surface area (Å²) < 4.78 is 10.1. The maximum absolute atomic E-state index is 13.2. The van der Waals surface area contributed by atoms with Gasteiger partial charge in [-0.05, 0) is 32.1 Å². The third-order valence-electron chi connectivity index (χ3n) is 5.91. The van der Waals surface area contributed by atoms with Crippen molar-refractivity contribution in [2.45, 2.75) is 57.4 Å². The lowest BCUT2D eigenvalue weighted by molar-refractivity contribution is -0.149. The molecule has 0 aromatic heterocycles. The first-order valence-electron chi connectivity index (χ1n) is 9.38. The van der Waals surface area contributed by atoms with Crippen LogP contribution in [-0.2, 0) is 14.3 Å². The Morgan fingerprint density at radius 3 is 2.67 bits per heavy atom. The van der Waals surface area contributed by atoms with E-state index in [0.29, 0.717) is 25.7 Å². The highest BCUT2D eigenvalue weighted by atomic mass is 16.6. The number of rotatable bonds is 4. The van der Waals surface area contributed by atoms with Gasteiger partial charge in [0.15, 0.2) is 0 Å². The van der Waals surface area contributed by atoms with Crippen LogP contribution in [0.5, 0.6) is 0 Å². The molecule has 1 saturated carbocycles. The maximum atomic E-state index is 13.2. The molecule has 2 saturated heterocycles. The summed E-state index contributed by atoms with van der Waals surface area (Å²) in [5.74, 6) is 0.285. The Bertz CT molecular complexity index is 464. The Kier molecular flexibility index (Phi) is 5.64. The number of hydrogen-bond donors (Lipinski definition) is 0. The van der Waals surface area contributed by atoms with Crippen LogP contribution in [0.3, 0.4) is 0 Å². The van der Waals surface area contributed by atoms with Crippen molar-refractivity contribution in [3.8, 4) is 0 Å². The average Bonchev–Trinajstić information content (AvgIpc) is 3.04. The largest absolute Gasteiger partial charge is 0.447 e. The number of likely N-dealkylation sites (tertiary alicyclic amines) is 2. The van der Waals surface area contributed by atoms with Crippen LogP contribution in [0.25, 0.3) is 0 Å². The summed E-state index contributed by atoms with van der Waals surface area (Å²) in [6, 6.07) is 0.422. The highest BCUT2D eigenvalue weighted by Crippen LogP contribution is 2.42. The van der Waals surface area contributed by atoms with Gasteiger partial charge < -0.3 is 19.3 Å². The third-order valence-corrected chi connectivity index (χ3v) is 5.91. The van der Waals surface area contributed by atoms with Gasteiger partial charge in [0.25, 0.3) is 0 Å². The number of carbonyl (C=O) groups excluding carboxylic acids is 2. The maximum Gasteiger partial charge on any atom is 0.409 e. The molecular formula is C18H30N2O4. The van der Waals surface area contributed by atoms with Crippen molar-refractivity contribution in [1.29, 1.82) is 0 Å². The lowest BCUT2D eigenvalue weighted by atomic mass is 9.77. The molecular weight excluding hydrogens is 308 g/mol. The van der Waals surface area contributed by atoms with E-state index in [4.69, 9.17) is 9.47 Å². The second kappa shape index (κ2) is 7.72. The number of amides is 2. The molecule has 2 amide bonds. The van der Waals surface area contributed by atoms with Crippen LogP contribution < -0.4 is 0 Å². The molecule has 1 atom stereocenters. The minimum absolute atomic E-state index is 0.265. The van der Waals surface area contributed by atoms with Gasteiger partial charge in [0.05, 0.1) is 12.0 Å². The Labute approximate surface area is 144 Å². The SMILES string of the molecule is COCCOC(=O)N1CC[C@@]2(CCCN(C3CCCCC3)C2=O)C1. The molecule has 2 heterocycles. The van der Waals surface area contributed by atoms with Gasteiger partial charge in [-0.25, -0.2) is 4.79 Å². The van der Waals surface area contributed by atoms with Crippen LogP contribution in [0.2, 0.25) is 0 Å². The Balaban J connectivity index is 1.60. The molecule has 1 aliphatic carbocycles. The number of methoxy groups -OCH3 is 1. The summed E-state index contributed by atoms with van der Waals surface area (Å²) in [6.45, 7) is 2.69. The van der Waals surface area contributed by atoms with Gasteiger partial charge in [-0.2, -0.15) is 0 Å². The lowest BCUT2D eigenvalue weighted by Gasteiger charge is -2.44. The zero-order chi connectivity index (χ0) is 17.0. The van der Waals surface area contributed by atoms with E-state index in [1.807, 2.05) is 0 Å². The lowest BCUT2D eigenvalue weighted by Crippen LogP contribution is -2.54. The Morgan fingerprint density at radius 2 is 1.92 bits per heavy atom. The summed E-state index contributed by atoms with van der Waals surface area (Å²) >= 11 is 0. The number of piperidine rings is 1. The summed E-state index contributed by atoms with van der Waals surface area (Å²) in [6.07, 6.45) is 8.46. The van der Waals surface area contributed by atoms with E-state index in [2.05, 4.69) is 4.90 Å². The van der Waals surface area contributed by atoms with E-state index in [1.165, 1.54) is 19.3 Å². The molecule has 6 nitrogen and oxygen atoms in total. The number of carbonyl (C=O) groups is 2. The normalized spacial score (nSPS) is 28.6. The van der Waals surface area contributed by atoms with Gasteiger partial charge >= 0.3 is 6.09 Å². The molecule has 3 aliphatic rings. The van der Waals surface area contributed by atoms with E-state index >= 15 is 0 Å². The highest BCUT2D eigenvalue weighted by molar-refractivity contribution is 5.85. The third kappa shape index (κ3) is 3.53. The van der Waals surface area contributed by atoms with Crippen molar-refractivity contribution in [2.75, 3.05) is 40.0 Å². The average molecular weight is 338 g/mol. The van der Waals surface area contributed by atoms with Crippen molar-refractivity contribution in [3.05, 3.63) is 0 Å². The fourth-order valence-corrected chi connectivity index (χ4v) is 4.55. The smallest absolute Gasteiger partial charge is 0.409 e. The predicted octanol–water partition coefficient (Wildman–Crippen LogP) is 2.42. The Hall–Kier alpha value is -1.30. The fourth-order valence-electron chi connectivity index (χ4n) is 4.55. The van der Waals surface area contributed by atoms with Crippen LogP contribution in [0, 0.1) is 5.41 Å². The van der Waals surface area contributed by atoms with Crippen LogP contribution in [0.1, 0.15) is 51.4 Å². The summed E-state index contributed by atoms with van der Waals surface area (Å²) in [5.41, 5.74) is -0.365. The van der Waals surface area contributed by atoms with Crippen LogP contribution in [0.4, 0.5) is 4.79 Å². The second-order valence-electron chi connectivity index (χ2n) is 7.45. The molecule has 3 rings (SSSR count). The first kappa shape index (κ1) is 17.5. The molecule has 2 aliphatic heterocycles. The Morgan fingerprint density at radius 1 is 1.12 bits per heavy atom. The monoisotopic (exact) mass is 338 g/mol. The quantitative estimate of drug-likeness (QED) is 0.739. The number of ether oxygens (including phenoxy) is 2. The molecule has 136 valence electrons. The first-order chi connectivity index (χ1) is 11.7. The fraction of sp³-hybridized carbons (Fsp3) is 0.889. The molecule has 1 spiro atoms. The first-order valence-corrected chi connectivity index (χ1v) is 9.38. The van der Waals surface area contributed by atoms with E-state index in [0.717, 1.165) is 38.6 Å². The van der Waals surface area contributed by atoms with E-state index < -0.39 is 0 Å². The van der Waals surface area contributed by atoms with E-state index in [1.54, 1.807) is 12.0 Å². The van der Waals surface area contributed by atoms with Crippen molar-refractivity contribution < 1.29 is 19.1 Å². The van der Waals surface area contributed by atoms with Crippen LogP contribution in [0.15, 0.2) is 0 Å². The van der Waals surface area contributed by atoms with Gasteiger partial charge in [-0.15, -0.1) is 0 Å². The highest BCUT2D eigenvalue weighted by Gasteiger charge is 2.50. The molecule has 0 bridgehead atoms. The van der Waals surface area contributed by atoms with Crippen LogP contribution >= 0.6 is 0 Å². The molecule has 0 N–H and O–H groups in total. The topological polar surface area (TPSA) is 59.1 Å². The van der Waals surface area contributed by atoms with Crippen molar-refractivity contribution in [3.63, 3.8) is 0 Å². The zero-order valence-electron chi connectivity index (χ0n) is 14.8. The van der Waals surface area contributed by atoms with E-state index in [-0.39, 0.29) is 24.0 Å². The minimum Gasteiger partial charge on any atom is -0.447 e. The minimum atomic E-state index is -0.365. The molecule has 0 radical (unpaired) electrons. The molecule has 3 fully saturated rings. The number of nitrogens with zero attached hydrogens (tertiary/aromatic N) is 2. The summed E-state index contributed by atoms with van der Waals surface area (Å²) in [5, 5.41) is 0. The molecule has 0 unspecified atom stereocenters. The van der Waals surface area contributed by atoms with Gasteiger partial charge in [0.2, 0.25) is 5.91 Å². The van der Waals surface area contributed by atoms with Gasteiger partial charge in [-0.3, -0.25) is 4.79 Å². The molecule has 0 aromatic rings. The van der Waals surface area contributed by atoms with Crippen molar-refractivity contribution in [2.24, 2.45) is 5.41 Å². The van der Waals surface area contributed by atoms with Gasteiger partial charge in [-0.1, -0.05) is 19.3 Å². The summed E-state index contributed by atoms with van der Waals surface area (Å²) in [7, 11) is 1.58. The predicted molar refractivity (Wildman–Crippen MR) is 89.7 cm³/mol. The van der Waals surface area contributed by atoms with Crippen molar-refractivity contribution >= 4 is 12.0 Å². The van der Waals surface area contributed by atoms with Gasteiger partial charge in [0.1, 0.15) is 6.61 Å². The number of hydrogen-bond acceptors (Lipinski definition) is 4. The van der Waals surface area contributed by atoms with Crippen molar-refractivity contribution in [1.82, 2.24) is 9.80 Å².